The Morgan fingerprint density at radius 1 is 0.564 bits per heavy atom. The van der Waals surface area contributed by atoms with Crippen LogP contribution in [0.3, 0.4) is 0 Å². The van der Waals surface area contributed by atoms with Crippen molar-refractivity contribution in [3.05, 3.63) is 156 Å². The van der Waals surface area contributed by atoms with Crippen LogP contribution in [0.5, 0.6) is 0 Å². The molecule has 1 fully saturated rings. The van der Waals surface area contributed by atoms with Crippen molar-refractivity contribution in [3.8, 4) is 11.1 Å². The van der Waals surface area contributed by atoms with Gasteiger partial charge in [0.1, 0.15) is 0 Å². The Labute approximate surface area is 226 Å². The minimum Gasteiger partial charge on any atom is -0.276 e. The first-order valence-electron chi connectivity index (χ1n) is 13.0. The van der Waals surface area contributed by atoms with E-state index >= 15 is 0 Å². The summed E-state index contributed by atoms with van der Waals surface area (Å²) in [6.07, 6.45) is 0. The normalized spacial score (nSPS) is 22.4. The predicted molar refractivity (Wildman–Crippen MR) is 151 cm³/mol. The third-order valence-electron chi connectivity index (χ3n) is 7.91. The Bertz CT molecular complexity index is 1770. The first-order valence-corrected chi connectivity index (χ1v) is 13.0. The van der Waals surface area contributed by atoms with E-state index in [-0.39, 0.29) is 6.03 Å². The van der Waals surface area contributed by atoms with E-state index in [1.54, 1.807) is 4.81 Å². The van der Waals surface area contributed by atoms with Gasteiger partial charge in [-0.25, -0.2) is 4.79 Å². The number of nitrogens with zero attached hydrogens (tertiary/aromatic N) is 5. The van der Waals surface area contributed by atoms with Gasteiger partial charge in [-0.05, 0) is 46.5 Å². The summed E-state index contributed by atoms with van der Waals surface area (Å²) < 4.78 is 0. The van der Waals surface area contributed by atoms with Crippen LogP contribution in [0.4, 0.5) is 21.9 Å². The molecule has 6 nitrogen and oxygen atoms in total. The largest absolute Gasteiger partial charge is 0.330 e. The highest BCUT2D eigenvalue weighted by Gasteiger charge is 2.74. The van der Waals surface area contributed by atoms with E-state index < -0.39 is 11.3 Å². The number of hydrogen-bond acceptors (Lipinski definition) is 2. The van der Waals surface area contributed by atoms with Gasteiger partial charge in [0.25, 0.3) is 0 Å². The highest BCUT2D eigenvalue weighted by molar-refractivity contribution is 6.12. The first kappa shape index (κ1) is 21.8. The molecule has 0 spiro atoms. The minimum atomic E-state index is -1.21. The second-order valence-corrected chi connectivity index (χ2v) is 9.89. The van der Waals surface area contributed by atoms with Crippen LogP contribution in [-0.4, -0.2) is 10.8 Å². The maximum absolute atomic E-state index is 14.9. The van der Waals surface area contributed by atoms with Gasteiger partial charge in [-0.3, -0.25) is 9.80 Å². The summed E-state index contributed by atoms with van der Waals surface area (Å²) in [4.78, 5) is 20.2. The van der Waals surface area contributed by atoms with Crippen LogP contribution >= 0.6 is 0 Å². The fourth-order valence-corrected chi connectivity index (χ4v) is 6.41. The molecule has 0 radical (unpaired) electrons. The lowest BCUT2D eigenvalue weighted by molar-refractivity contribution is -0.457. The SMILES string of the molecule is O=C1N(c2ccccc2)[C@@]23N=[N+](c4ccccc4)[N-][C@@]2(c2ccccc2-c2ccccc23)N1c1ccccc1. The molecular weight excluding hydrogens is 482 g/mol. The number of anilines is 2. The number of hydrogen-bond donors (Lipinski definition) is 0. The van der Waals surface area contributed by atoms with Crippen molar-refractivity contribution >= 4 is 23.1 Å². The van der Waals surface area contributed by atoms with Gasteiger partial charge in [-0.2, -0.15) is 10.5 Å². The Balaban J connectivity index is 1.56. The number of azo groups is 1. The molecule has 2 amide bonds. The van der Waals surface area contributed by atoms with E-state index in [0.717, 1.165) is 39.3 Å². The molecule has 2 atom stereocenters. The van der Waals surface area contributed by atoms with Gasteiger partial charge in [0.05, 0.1) is 0 Å². The predicted octanol–water partition coefficient (Wildman–Crippen LogP) is 7.92. The fourth-order valence-electron chi connectivity index (χ4n) is 6.41. The summed E-state index contributed by atoms with van der Waals surface area (Å²) in [5, 5.41) is 5.42. The summed E-state index contributed by atoms with van der Waals surface area (Å²) in [6.45, 7) is 0. The molecule has 6 heteroatoms. The van der Waals surface area contributed by atoms with Crippen molar-refractivity contribution in [1.29, 1.82) is 0 Å². The lowest BCUT2D eigenvalue weighted by Crippen LogP contribution is -2.55. The number of rotatable bonds is 3. The molecular formula is C33H23N5O. The minimum absolute atomic E-state index is 0.181. The van der Waals surface area contributed by atoms with E-state index in [9.17, 15) is 4.79 Å². The van der Waals surface area contributed by atoms with Crippen LogP contribution < -0.4 is 9.80 Å². The molecule has 2 aliphatic heterocycles. The van der Waals surface area contributed by atoms with E-state index in [1.807, 2.05) is 125 Å². The van der Waals surface area contributed by atoms with Crippen molar-refractivity contribution < 1.29 is 9.60 Å². The van der Waals surface area contributed by atoms with Crippen LogP contribution in [-0.2, 0) is 11.3 Å². The van der Waals surface area contributed by atoms with Crippen LogP contribution in [0.2, 0.25) is 0 Å². The monoisotopic (exact) mass is 505 g/mol. The third-order valence-corrected chi connectivity index (χ3v) is 7.91. The number of fused-ring (bicyclic) bond motifs is 3. The molecule has 5 aromatic carbocycles. The van der Waals surface area contributed by atoms with Gasteiger partial charge < -0.3 is 0 Å². The van der Waals surface area contributed by atoms with Gasteiger partial charge >= 0.3 is 6.03 Å². The molecule has 1 saturated heterocycles. The van der Waals surface area contributed by atoms with E-state index in [4.69, 9.17) is 10.5 Å². The quantitative estimate of drug-likeness (QED) is 0.230. The van der Waals surface area contributed by atoms with Crippen LogP contribution in [0.1, 0.15) is 11.1 Å². The highest BCUT2D eigenvalue weighted by Crippen LogP contribution is 2.68. The molecule has 0 N–H and O–H groups in total. The molecule has 3 aliphatic rings. The van der Waals surface area contributed by atoms with Crippen molar-refractivity contribution in [1.82, 2.24) is 0 Å². The zero-order valence-electron chi connectivity index (χ0n) is 20.9. The molecule has 5 aromatic rings. The summed E-state index contributed by atoms with van der Waals surface area (Å²) >= 11 is 0. The maximum Gasteiger partial charge on any atom is 0.330 e. The molecule has 1 aliphatic carbocycles. The maximum atomic E-state index is 14.9. The summed E-state index contributed by atoms with van der Waals surface area (Å²) in [6, 6.07) is 45.9. The Morgan fingerprint density at radius 2 is 1.05 bits per heavy atom. The van der Waals surface area contributed by atoms with Crippen molar-refractivity contribution in [2.75, 3.05) is 9.80 Å². The van der Waals surface area contributed by atoms with E-state index in [0.29, 0.717) is 0 Å². The highest BCUT2D eigenvalue weighted by atomic mass is 16.2. The number of carbonyl (C=O) groups excluding carboxylic acids is 1. The number of carbonyl (C=O) groups is 1. The van der Waals surface area contributed by atoms with Gasteiger partial charge in [-0.15, -0.1) is 4.81 Å². The van der Waals surface area contributed by atoms with Crippen LogP contribution in [0, 0.1) is 0 Å². The zero-order valence-corrected chi connectivity index (χ0v) is 20.9. The number of urea groups is 1. The van der Waals surface area contributed by atoms with Crippen LogP contribution in [0.15, 0.2) is 145 Å². The van der Waals surface area contributed by atoms with Gasteiger partial charge in [0.2, 0.25) is 5.69 Å². The topological polar surface area (TPSA) is 53.0 Å². The van der Waals surface area contributed by atoms with E-state index in [2.05, 4.69) is 24.3 Å². The van der Waals surface area contributed by atoms with Crippen molar-refractivity contribution in [2.24, 2.45) is 5.11 Å². The summed E-state index contributed by atoms with van der Waals surface area (Å²) in [7, 11) is 0. The van der Waals surface area contributed by atoms with Crippen molar-refractivity contribution in [3.63, 3.8) is 0 Å². The molecule has 0 bridgehead atoms. The molecule has 39 heavy (non-hydrogen) atoms. The molecule has 2 heterocycles. The molecule has 0 aromatic heterocycles. The number of amides is 2. The average Bonchev–Trinajstić information content (AvgIpc) is 3.47. The van der Waals surface area contributed by atoms with Crippen molar-refractivity contribution in [2.45, 2.75) is 11.3 Å². The standard InChI is InChI=1S/C33H23N5O/c39-31-36(24-14-4-1-5-15-24)32-29-22-12-10-20-27(29)28-21-11-13-23-30(28)33(32,37(31)25-16-6-2-7-17-25)35-38(34-32)26-18-8-3-9-19-26/h1-23H/t32-,33+. The zero-order chi connectivity index (χ0) is 26.0. The number of benzene rings is 5. The fraction of sp³-hybridized carbons (Fsp3) is 0.0606. The van der Waals surface area contributed by atoms with E-state index in [1.165, 1.54) is 0 Å². The second-order valence-electron chi connectivity index (χ2n) is 9.89. The summed E-state index contributed by atoms with van der Waals surface area (Å²) in [5.41, 5.74) is 9.30. The smallest absolute Gasteiger partial charge is 0.276 e. The Hall–Kier alpha value is -5.23. The third kappa shape index (κ3) is 2.67. The molecule has 0 saturated carbocycles. The van der Waals surface area contributed by atoms with Crippen LogP contribution in [0.25, 0.3) is 16.6 Å². The van der Waals surface area contributed by atoms with Gasteiger partial charge in [0.15, 0.2) is 11.3 Å². The Morgan fingerprint density at radius 3 is 1.69 bits per heavy atom. The molecule has 8 rings (SSSR count). The van der Waals surface area contributed by atoms with Gasteiger partial charge in [0, 0.05) is 23.5 Å². The molecule has 186 valence electrons. The lowest BCUT2D eigenvalue weighted by Gasteiger charge is -2.49. The average molecular weight is 506 g/mol. The second kappa shape index (κ2) is 7.88. The first-order chi connectivity index (χ1) is 19.3. The Kier molecular flexibility index (Phi) is 4.41. The van der Waals surface area contributed by atoms with Gasteiger partial charge in [-0.1, -0.05) is 103 Å². The lowest BCUT2D eigenvalue weighted by atomic mass is 9.71. The summed E-state index contributed by atoms with van der Waals surface area (Å²) in [5.74, 6) is 0. The molecule has 0 unspecified atom stereocenters. The number of para-hydroxylation sites is 3.